The third-order valence-corrected chi connectivity index (χ3v) is 6.08. The highest BCUT2D eigenvalue weighted by Gasteiger charge is 2.31. The standard InChI is InChI=1S/C25H21N7O3/c1-15(33)32-10-4-6-22(32)17-11-20-21(30-24(29-20)18-5-2-3-9-26-18)12-23(17)35-16-7-8-19(27-13-16)25-31-28-14-34-25/h2-3,5,7-9,11-14,22H,4,6,10H2,1H3,(H,29,30). The number of amides is 1. The molecule has 35 heavy (non-hydrogen) atoms. The maximum absolute atomic E-state index is 12.3. The van der Waals surface area contributed by atoms with Crippen molar-refractivity contribution in [2.24, 2.45) is 0 Å². The van der Waals surface area contributed by atoms with Crippen LogP contribution in [0.3, 0.4) is 0 Å². The van der Waals surface area contributed by atoms with Gasteiger partial charge in [0.05, 0.1) is 23.3 Å². The number of carbonyl (C=O) groups is 1. The molecule has 1 aliphatic rings. The topological polar surface area (TPSA) is 123 Å². The van der Waals surface area contributed by atoms with Crippen molar-refractivity contribution in [1.82, 2.24) is 35.0 Å². The van der Waals surface area contributed by atoms with Gasteiger partial charge >= 0.3 is 0 Å². The Bertz CT molecular complexity index is 1480. The quantitative estimate of drug-likeness (QED) is 0.399. The molecule has 5 heterocycles. The third-order valence-electron chi connectivity index (χ3n) is 6.08. The maximum Gasteiger partial charge on any atom is 0.266 e. The molecule has 6 rings (SSSR count). The molecule has 5 aromatic rings. The number of ether oxygens (including phenoxy) is 1. The zero-order chi connectivity index (χ0) is 23.8. The maximum atomic E-state index is 12.3. The number of benzene rings is 1. The number of fused-ring (bicyclic) bond motifs is 1. The Hall–Kier alpha value is -4.60. The number of hydrogen-bond acceptors (Lipinski definition) is 8. The van der Waals surface area contributed by atoms with Crippen molar-refractivity contribution < 1.29 is 13.9 Å². The third kappa shape index (κ3) is 3.99. The fourth-order valence-corrected chi connectivity index (χ4v) is 4.47. The van der Waals surface area contributed by atoms with Crippen LogP contribution < -0.4 is 4.74 Å². The second-order valence-electron chi connectivity index (χ2n) is 8.30. The van der Waals surface area contributed by atoms with Crippen LogP contribution >= 0.6 is 0 Å². The number of hydrogen-bond donors (Lipinski definition) is 1. The van der Waals surface area contributed by atoms with E-state index in [-0.39, 0.29) is 11.9 Å². The molecule has 1 aromatic carbocycles. The van der Waals surface area contributed by atoms with E-state index >= 15 is 0 Å². The molecule has 1 fully saturated rings. The Labute approximate surface area is 200 Å². The van der Waals surface area contributed by atoms with Crippen LogP contribution in [-0.2, 0) is 4.79 Å². The van der Waals surface area contributed by atoms with Gasteiger partial charge in [0.2, 0.25) is 12.3 Å². The zero-order valence-electron chi connectivity index (χ0n) is 18.9. The average molecular weight is 467 g/mol. The first kappa shape index (κ1) is 21.0. The molecule has 1 N–H and O–H groups in total. The van der Waals surface area contributed by atoms with Crippen LogP contribution in [0, 0.1) is 0 Å². The van der Waals surface area contributed by atoms with Crippen molar-refractivity contribution in [2.75, 3.05) is 6.54 Å². The molecule has 174 valence electrons. The summed E-state index contributed by atoms with van der Waals surface area (Å²) in [5.41, 5.74) is 3.82. The van der Waals surface area contributed by atoms with Gasteiger partial charge in [-0.3, -0.25) is 9.78 Å². The summed E-state index contributed by atoms with van der Waals surface area (Å²) in [7, 11) is 0. The van der Waals surface area contributed by atoms with Crippen molar-refractivity contribution in [1.29, 1.82) is 0 Å². The van der Waals surface area contributed by atoms with E-state index in [0.717, 1.165) is 41.7 Å². The van der Waals surface area contributed by atoms with Crippen molar-refractivity contribution in [3.63, 3.8) is 0 Å². The van der Waals surface area contributed by atoms with E-state index in [0.29, 0.717) is 28.9 Å². The van der Waals surface area contributed by atoms with Crippen molar-refractivity contribution in [3.8, 4) is 34.6 Å². The number of nitrogens with zero attached hydrogens (tertiary/aromatic N) is 6. The van der Waals surface area contributed by atoms with Gasteiger partial charge in [-0.05, 0) is 43.2 Å². The van der Waals surface area contributed by atoms with Crippen molar-refractivity contribution in [2.45, 2.75) is 25.8 Å². The van der Waals surface area contributed by atoms with Crippen LogP contribution in [-0.4, -0.2) is 47.5 Å². The molecule has 0 bridgehead atoms. The Morgan fingerprint density at radius 1 is 1.17 bits per heavy atom. The summed E-state index contributed by atoms with van der Waals surface area (Å²) in [6, 6.07) is 13.1. The van der Waals surface area contributed by atoms with E-state index in [1.807, 2.05) is 35.2 Å². The molecule has 1 atom stereocenters. The molecule has 1 saturated heterocycles. The number of likely N-dealkylation sites (tertiary alicyclic amines) is 1. The summed E-state index contributed by atoms with van der Waals surface area (Å²) >= 11 is 0. The van der Waals surface area contributed by atoms with Crippen LogP contribution in [0.1, 0.15) is 31.4 Å². The number of aromatic amines is 1. The van der Waals surface area contributed by atoms with E-state index in [4.69, 9.17) is 14.1 Å². The first-order chi connectivity index (χ1) is 17.2. The molecular formula is C25H21N7O3. The summed E-state index contributed by atoms with van der Waals surface area (Å²) in [5.74, 6) is 2.22. The molecule has 0 aliphatic carbocycles. The molecule has 4 aromatic heterocycles. The van der Waals surface area contributed by atoms with Crippen LogP contribution in [0.25, 0.3) is 34.1 Å². The lowest BCUT2D eigenvalue weighted by molar-refractivity contribution is -0.129. The molecule has 1 amide bonds. The largest absolute Gasteiger partial charge is 0.455 e. The smallest absolute Gasteiger partial charge is 0.266 e. The van der Waals surface area contributed by atoms with Crippen LogP contribution in [0.4, 0.5) is 0 Å². The number of nitrogens with one attached hydrogen (secondary N) is 1. The van der Waals surface area contributed by atoms with Gasteiger partial charge in [-0.2, -0.15) is 0 Å². The number of pyridine rings is 2. The first-order valence-corrected chi connectivity index (χ1v) is 11.3. The SMILES string of the molecule is CC(=O)N1CCCC1c1cc2[nH]c(-c3ccccn3)nc2cc1Oc1ccc(-c2nnco2)nc1. The zero-order valence-corrected chi connectivity index (χ0v) is 18.9. The van der Waals surface area contributed by atoms with Gasteiger partial charge in [0.1, 0.15) is 22.9 Å². The Morgan fingerprint density at radius 3 is 2.86 bits per heavy atom. The summed E-state index contributed by atoms with van der Waals surface area (Å²) in [5, 5.41) is 7.56. The lowest BCUT2D eigenvalue weighted by Crippen LogP contribution is -2.28. The average Bonchev–Trinajstić information content (AvgIpc) is 3.65. The fraction of sp³-hybridized carbons (Fsp3) is 0.200. The van der Waals surface area contributed by atoms with Gasteiger partial charge in [-0.25, -0.2) is 9.97 Å². The predicted molar refractivity (Wildman–Crippen MR) is 126 cm³/mol. The number of H-pyrrole nitrogens is 1. The molecule has 0 spiro atoms. The Kier molecular flexibility index (Phi) is 5.17. The Balaban J connectivity index is 1.41. The van der Waals surface area contributed by atoms with Gasteiger partial charge in [0.25, 0.3) is 5.89 Å². The Morgan fingerprint density at radius 2 is 2.11 bits per heavy atom. The lowest BCUT2D eigenvalue weighted by Gasteiger charge is -2.25. The first-order valence-electron chi connectivity index (χ1n) is 11.3. The van der Waals surface area contributed by atoms with Gasteiger partial charge in [0.15, 0.2) is 5.82 Å². The molecule has 1 aliphatic heterocycles. The number of carbonyl (C=O) groups excluding carboxylic acids is 1. The van der Waals surface area contributed by atoms with Gasteiger partial charge in [-0.15, -0.1) is 10.2 Å². The molecule has 0 radical (unpaired) electrons. The van der Waals surface area contributed by atoms with Crippen LogP contribution in [0.5, 0.6) is 11.5 Å². The highest BCUT2D eigenvalue weighted by atomic mass is 16.5. The molecule has 10 nitrogen and oxygen atoms in total. The monoisotopic (exact) mass is 467 g/mol. The minimum atomic E-state index is -0.0841. The summed E-state index contributed by atoms with van der Waals surface area (Å²) in [6.07, 6.45) is 6.39. The molecule has 1 unspecified atom stereocenters. The van der Waals surface area contributed by atoms with Crippen LogP contribution in [0.15, 0.2) is 65.7 Å². The highest BCUT2D eigenvalue weighted by Crippen LogP contribution is 2.41. The minimum Gasteiger partial charge on any atom is -0.455 e. The van der Waals surface area contributed by atoms with E-state index in [1.54, 1.807) is 31.5 Å². The lowest BCUT2D eigenvalue weighted by atomic mass is 10.0. The van der Waals surface area contributed by atoms with Crippen molar-refractivity contribution in [3.05, 3.63) is 66.8 Å². The molecule has 10 heteroatoms. The molecular weight excluding hydrogens is 446 g/mol. The predicted octanol–water partition coefficient (Wildman–Crippen LogP) is 4.55. The number of imidazole rings is 1. The van der Waals surface area contributed by atoms with E-state index in [1.165, 1.54) is 6.39 Å². The van der Waals surface area contributed by atoms with Crippen molar-refractivity contribution >= 4 is 16.9 Å². The summed E-state index contributed by atoms with van der Waals surface area (Å²) < 4.78 is 11.5. The minimum absolute atomic E-state index is 0.0444. The van der Waals surface area contributed by atoms with E-state index in [9.17, 15) is 4.79 Å². The fourth-order valence-electron chi connectivity index (χ4n) is 4.47. The van der Waals surface area contributed by atoms with Gasteiger partial charge in [-0.1, -0.05) is 6.07 Å². The van der Waals surface area contributed by atoms with E-state index < -0.39 is 0 Å². The number of aromatic nitrogens is 6. The normalized spacial score (nSPS) is 15.6. The second kappa shape index (κ2) is 8.64. The second-order valence-corrected chi connectivity index (χ2v) is 8.30. The highest BCUT2D eigenvalue weighted by molar-refractivity contribution is 5.82. The molecule has 0 saturated carbocycles. The van der Waals surface area contributed by atoms with Gasteiger partial charge in [0, 0.05) is 31.3 Å². The van der Waals surface area contributed by atoms with Crippen LogP contribution in [0.2, 0.25) is 0 Å². The summed E-state index contributed by atoms with van der Waals surface area (Å²) in [4.78, 5) is 31.1. The van der Waals surface area contributed by atoms with E-state index in [2.05, 4.69) is 25.1 Å². The summed E-state index contributed by atoms with van der Waals surface area (Å²) in [6.45, 7) is 2.33. The van der Waals surface area contributed by atoms with Gasteiger partial charge < -0.3 is 19.0 Å². The number of rotatable bonds is 5.